The molecule has 1 heterocycles. The third kappa shape index (κ3) is 8.20. The lowest BCUT2D eigenvalue weighted by Gasteiger charge is -2.13. The molecule has 0 aliphatic rings. The number of azo groups is 2. The van der Waals surface area contributed by atoms with Crippen molar-refractivity contribution in [3.8, 4) is 0 Å². The first kappa shape index (κ1) is 35.8. The number of benzene rings is 4. The van der Waals surface area contributed by atoms with Gasteiger partial charge in [0.15, 0.2) is 0 Å². The molecule has 22 heteroatoms. The van der Waals surface area contributed by atoms with Crippen molar-refractivity contribution in [2.75, 3.05) is 5.32 Å². The van der Waals surface area contributed by atoms with Crippen molar-refractivity contribution >= 4 is 98.7 Å². The van der Waals surface area contributed by atoms with Crippen LogP contribution in [0.15, 0.2) is 95.8 Å². The fourth-order valence-electron chi connectivity index (χ4n) is 4.44. The monoisotopic (exact) mass is 766 g/mol. The highest BCUT2D eigenvalue weighted by Crippen LogP contribution is 2.39. The van der Waals surface area contributed by atoms with Crippen LogP contribution in [0.3, 0.4) is 0 Å². The number of aryl methyl sites for hydroxylation is 2. The van der Waals surface area contributed by atoms with Gasteiger partial charge < -0.3 is 5.32 Å². The van der Waals surface area contributed by atoms with E-state index in [-0.39, 0.29) is 44.4 Å². The van der Waals surface area contributed by atoms with Gasteiger partial charge in [0.2, 0.25) is 16.5 Å². The van der Waals surface area contributed by atoms with Crippen LogP contribution in [-0.2, 0) is 30.4 Å². The molecule has 0 unspecified atom stereocenters. The highest BCUT2D eigenvalue weighted by Gasteiger charge is 2.21. The first-order chi connectivity index (χ1) is 22.8. The lowest BCUT2D eigenvalue weighted by atomic mass is 10.1. The Labute approximate surface area is 288 Å². The summed E-state index contributed by atoms with van der Waals surface area (Å²) in [6.45, 7) is 3.28. The van der Waals surface area contributed by atoms with Crippen LogP contribution in [0.4, 0.5) is 34.4 Å². The summed E-state index contributed by atoms with van der Waals surface area (Å²) >= 11 is 11.7. The summed E-state index contributed by atoms with van der Waals surface area (Å²) in [5.74, 6) is -0.102. The van der Waals surface area contributed by atoms with Gasteiger partial charge in [-0.2, -0.15) is 50.4 Å². The van der Waals surface area contributed by atoms with Gasteiger partial charge in [-0.15, -0.1) is 10.2 Å². The Morgan fingerprint density at radius 3 is 1.71 bits per heavy atom. The average Bonchev–Trinajstić information content (AvgIpc) is 2.99. The molecule has 5 rings (SSSR count). The lowest BCUT2D eigenvalue weighted by Crippen LogP contribution is -2.03. The van der Waals surface area contributed by atoms with Crippen LogP contribution in [0.25, 0.3) is 10.8 Å². The molecule has 4 aromatic carbocycles. The van der Waals surface area contributed by atoms with Crippen molar-refractivity contribution in [3.63, 3.8) is 0 Å². The van der Waals surface area contributed by atoms with Gasteiger partial charge in [-0.25, -0.2) is 0 Å². The van der Waals surface area contributed by atoms with E-state index in [0.717, 1.165) is 18.2 Å². The van der Waals surface area contributed by atoms with E-state index in [0.29, 0.717) is 16.8 Å². The van der Waals surface area contributed by atoms with Crippen LogP contribution >= 0.6 is 23.2 Å². The normalized spacial score (nSPS) is 12.7. The second kappa shape index (κ2) is 13.4. The first-order valence-corrected chi connectivity index (χ1v) is 18.3. The van der Waals surface area contributed by atoms with Gasteiger partial charge in [-0.05, 0) is 96.7 Å². The summed E-state index contributed by atoms with van der Waals surface area (Å²) in [5.41, 5.74) is 1.35. The molecule has 17 nitrogen and oxygen atoms in total. The van der Waals surface area contributed by atoms with Gasteiger partial charge in [-0.3, -0.25) is 13.7 Å². The quantitative estimate of drug-likeness (QED) is 0.0851. The van der Waals surface area contributed by atoms with Gasteiger partial charge in [-0.1, -0.05) is 12.1 Å². The average molecular weight is 768 g/mol. The molecular formula is C27H20Cl2N8O9S3. The Morgan fingerprint density at radius 2 is 1.16 bits per heavy atom. The Morgan fingerprint density at radius 1 is 0.612 bits per heavy atom. The topological polar surface area (TPSA) is 263 Å². The summed E-state index contributed by atoms with van der Waals surface area (Å²) < 4.78 is 100. The van der Waals surface area contributed by atoms with Crippen molar-refractivity contribution in [3.05, 3.63) is 82.4 Å². The molecule has 49 heavy (non-hydrogen) atoms. The van der Waals surface area contributed by atoms with Crippen LogP contribution in [-0.4, -0.2) is 53.9 Å². The standard InChI is InChI=1S/C27H20Cl2N8O9S3/c1-13-11-20(36-37-21-12-15(47(38,39)40)6-9-22(21)48(41,42)43)14(2)10-19(13)35-34-17-7-8-18(30-27-32-25(28)31-26(29)33-27)24-16(17)4-3-5-23(24)49(44,45)46/h3-12H,1-2H3,(H,38,39,40)(H,41,42,43)(H,44,45,46)(H,30,31,32,33)/b35-34+,37-36+. The lowest BCUT2D eigenvalue weighted by molar-refractivity contribution is 0.478. The fourth-order valence-corrected chi connectivity index (χ4v) is 6.63. The summed E-state index contributed by atoms with van der Waals surface area (Å²) in [5, 5.41) is 19.1. The number of nitrogens with one attached hydrogen (secondary N) is 1. The predicted molar refractivity (Wildman–Crippen MR) is 177 cm³/mol. The Bertz CT molecular complexity index is 2550. The van der Waals surface area contributed by atoms with E-state index in [9.17, 15) is 38.9 Å². The molecule has 0 radical (unpaired) electrons. The first-order valence-electron chi connectivity index (χ1n) is 13.2. The van der Waals surface area contributed by atoms with Crippen LogP contribution in [0.1, 0.15) is 11.1 Å². The molecule has 0 saturated carbocycles. The number of aromatic nitrogens is 3. The number of halogens is 2. The van der Waals surface area contributed by atoms with Crippen molar-refractivity contribution in [1.82, 2.24) is 15.0 Å². The molecule has 4 N–H and O–H groups in total. The molecule has 0 fully saturated rings. The van der Waals surface area contributed by atoms with E-state index in [1.807, 2.05) is 0 Å². The number of hydrogen-bond donors (Lipinski definition) is 4. The second-order valence-electron chi connectivity index (χ2n) is 10.0. The molecule has 0 amide bonds. The van der Waals surface area contributed by atoms with Crippen LogP contribution in [0, 0.1) is 13.8 Å². The van der Waals surface area contributed by atoms with E-state index < -0.39 is 50.7 Å². The Kier molecular flexibility index (Phi) is 9.78. The Balaban J connectivity index is 1.54. The van der Waals surface area contributed by atoms with Crippen LogP contribution in [0.5, 0.6) is 0 Å². The maximum absolute atomic E-state index is 12.3. The molecule has 0 bridgehead atoms. The zero-order valence-electron chi connectivity index (χ0n) is 24.7. The van der Waals surface area contributed by atoms with Gasteiger partial charge >= 0.3 is 0 Å². The number of rotatable bonds is 9. The minimum absolute atomic E-state index is 0.0279. The van der Waals surface area contributed by atoms with Gasteiger partial charge in [0.1, 0.15) is 15.5 Å². The highest BCUT2D eigenvalue weighted by atomic mass is 35.5. The SMILES string of the molecule is Cc1cc(/N=N/c2ccc(Nc3nc(Cl)nc(Cl)n3)c3c(S(=O)(=O)O)cccc23)c(C)cc1/N=N/c1cc(S(=O)(=O)O)ccc1S(=O)(=O)O. The zero-order valence-corrected chi connectivity index (χ0v) is 28.6. The minimum Gasteiger partial charge on any atom is -0.323 e. The minimum atomic E-state index is -4.84. The second-order valence-corrected chi connectivity index (χ2v) is 14.9. The van der Waals surface area contributed by atoms with E-state index in [1.165, 1.54) is 30.3 Å². The molecule has 1 aromatic heterocycles. The smallest absolute Gasteiger partial charge is 0.296 e. The Hall–Kier alpha value is -4.54. The van der Waals surface area contributed by atoms with E-state index in [2.05, 4.69) is 40.7 Å². The van der Waals surface area contributed by atoms with Gasteiger partial charge in [0, 0.05) is 10.8 Å². The third-order valence-corrected chi connectivity index (χ3v) is 9.62. The van der Waals surface area contributed by atoms with E-state index >= 15 is 0 Å². The van der Waals surface area contributed by atoms with Gasteiger partial charge in [0.05, 0.1) is 27.6 Å². The molecule has 254 valence electrons. The number of anilines is 2. The summed E-state index contributed by atoms with van der Waals surface area (Å²) in [6.07, 6.45) is 0. The van der Waals surface area contributed by atoms with E-state index in [1.54, 1.807) is 26.0 Å². The molecule has 0 saturated heterocycles. The van der Waals surface area contributed by atoms with Crippen molar-refractivity contribution < 1.29 is 38.9 Å². The number of fused-ring (bicyclic) bond motifs is 1. The predicted octanol–water partition coefficient (Wildman–Crippen LogP) is 7.26. The van der Waals surface area contributed by atoms with Crippen molar-refractivity contribution in [2.45, 2.75) is 28.5 Å². The van der Waals surface area contributed by atoms with Crippen molar-refractivity contribution in [1.29, 1.82) is 0 Å². The molecule has 0 aliphatic heterocycles. The van der Waals surface area contributed by atoms with Crippen molar-refractivity contribution in [2.24, 2.45) is 20.5 Å². The van der Waals surface area contributed by atoms with Gasteiger partial charge in [0.25, 0.3) is 30.4 Å². The zero-order chi connectivity index (χ0) is 35.9. The molecule has 0 atom stereocenters. The largest absolute Gasteiger partial charge is 0.323 e. The fraction of sp³-hybridized carbons (Fsp3) is 0.0741. The van der Waals surface area contributed by atoms with Crippen LogP contribution < -0.4 is 5.32 Å². The molecule has 0 aliphatic carbocycles. The molecule has 0 spiro atoms. The van der Waals surface area contributed by atoms with Crippen LogP contribution in [0.2, 0.25) is 10.6 Å². The number of hydrogen-bond acceptors (Lipinski definition) is 14. The molecule has 5 aromatic rings. The maximum atomic E-state index is 12.3. The summed E-state index contributed by atoms with van der Waals surface area (Å²) in [4.78, 5) is 9.64. The summed E-state index contributed by atoms with van der Waals surface area (Å²) in [6, 6.07) is 12.5. The van der Waals surface area contributed by atoms with E-state index in [4.69, 9.17) is 23.2 Å². The maximum Gasteiger partial charge on any atom is 0.296 e. The molecular weight excluding hydrogens is 747 g/mol. The number of nitrogens with zero attached hydrogens (tertiary/aromatic N) is 7. The third-order valence-electron chi connectivity index (χ3n) is 6.64. The highest BCUT2D eigenvalue weighted by molar-refractivity contribution is 7.86. The summed E-state index contributed by atoms with van der Waals surface area (Å²) in [7, 11) is -14.3.